The predicted octanol–water partition coefficient (Wildman–Crippen LogP) is 4.74. The van der Waals surface area contributed by atoms with Gasteiger partial charge in [-0.3, -0.25) is 9.59 Å². The lowest BCUT2D eigenvalue weighted by Crippen LogP contribution is -2.40. The number of hydrogen-bond acceptors (Lipinski definition) is 5. The van der Waals surface area contributed by atoms with Crippen molar-refractivity contribution in [3.63, 3.8) is 0 Å². The van der Waals surface area contributed by atoms with E-state index in [1.54, 1.807) is 37.6 Å². The first-order chi connectivity index (χ1) is 14.5. The molecule has 1 fully saturated rings. The van der Waals surface area contributed by atoms with Crippen molar-refractivity contribution in [2.75, 3.05) is 31.8 Å². The first-order valence-corrected chi connectivity index (χ1v) is 11.5. The number of nitrogens with zero attached hydrogens (tertiary/aromatic N) is 2. The molecule has 0 aliphatic carbocycles. The number of ether oxygens (including phenoxy) is 1. The maximum absolute atomic E-state index is 13.0. The summed E-state index contributed by atoms with van der Waals surface area (Å²) >= 11 is 7.59. The Bertz CT molecular complexity index is 909. The van der Waals surface area contributed by atoms with Crippen LogP contribution in [0.4, 0.5) is 5.69 Å². The van der Waals surface area contributed by atoms with Crippen LogP contribution in [-0.4, -0.2) is 48.2 Å². The molecule has 0 spiro atoms. The Kier molecular flexibility index (Phi) is 7.99. The van der Waals surface area contributed by atoms with Gasteiger partial charge in [0, 0.05) is 31.4 Å². The summed E-state index contributed by atoms with van der Waals surface area (Å²) in [4.78, 5) is 31.5. The van der Waals surface area contributed by atoms with Crippen LogP contribution in [-0.2, 0) is 4.79 Å². The number of likely N-dealkylation sites (tertiary alicyclic amines) is 1. The minimum atomic E-state index is -0.0587. The van der Waals surface area contributed by atoms with Crippen LogP contribution in [0.5, 0.6) is 5.75 Å². The topological polar surface area (TPSA) is 71.5 Å². The molecule has 2 aromatic rings. The lowest BCUT2D eigenvalue weighted by atomic mass is 9.93. The molecular formula is C22H26ClN3O3S. The van der Waals surface area contributed by atoms with Crippen molar-refractivity contribution >= 4 is 40.9 Å². The van der Waals surface area contributed by atoms with E-state index in [0.717, 1.165) is 30.8 Å². The Labute approximate surface area is 186 Å². The van der Waals surface area contributed by atoms with E-state index >= 15 is 0 Å². The molecule has 8 heteroatoms. The number of carbonyl (C=O) groups excluding carboxylic acids is 2. The number of amides is 2. The molecule has 0 unspecified atom stereocenters. The second kappa shape index (κ2) is 10.7. The summed E-state index contributed by atoms with van der Waals surface area (Å²) in [5, 5.41) is 4.09. The molecule has 3 rings (SSSR count). The largest absolute Gasteiger partial charge is 0.495 e. The number of carbonyl (C=O) groups is 2. The van der Waals surface area contributed by atoms with Gasteiger partial charge in [0.15, 0.2) is 0 Å². The number of benzene rings is 1. The zero-order valence-corrected chi connectivity index (χ0v) is 18.8. The lowest BCUT2D eigenvalue weighted by Gasteiger charge is -2.33. The van der Waals surface area contributed by atoms with Crippen molar-refractivity contribution in [1.82, 2.24) is 9.88 Å². The number of halogens is 1. The Morgan fingerprint density at radius 3 is 2.93 bits per heavy atom. The van der Waals surface area contributed by atoms with E-state index in [2.05, 4.69) is 10.3 Å². The molecular weight excluding hydrogens is 422 g/mol. The smallest absolute Gasteiger partial charge is 0.256 e. The molecule has 0 radical (unpaired) electrons. The lowest BCUT2D eigenvalue weighted by molar-refractivity contribution is -0.116. The molecule has 0 bridgehead atoms. The van der Waals surface area contributed by atoms with E-state index in [1.807, 2.05) is 17.2 Å². The van der Waals surface area contributed by atoms with Crippen LogP contribution in [0.3, 0.4) is 0 Å². The van der Waals surface area contributed by atoms with Crippen LogP contribution in [0.15, 0.2) is 41.6 Å². The minimum Gasteiger partial charge on any atom is -0.495 e. The molecule has 2 heterocycles. The second-order valence-corrected chi connectivity index (χ2v) is 8.46. The fourth-order valence-electron chi connectivity index (χ4n) is 3.67. The molecule has 1 saturated heterocycles. The highest BCUT2D eigenvalue weighted by molar-refractivity contribution is 7.98. The van der Waals surface area contributed by atoms with Crippen molar-refractivity contribution < 1.29 is 14.3 Å². The number of hydrogen-bond donors (Lipinski definition) is 1. The third-order valence-corrected chi connectivity index (χ3v) is 6.22. The summed E-state index contributed by atoms with van der Waals surface area (Å²) in [6.07, 6.45) is 6.74. The zero-order valence-electron chi connectivity index (χ0n) is 17.2. The molecule has 1 aromatic carbocycles. The Hall–Kier alpha value is -2.25. The van der Waals surface area contributed by atoms with Gasteiger partial charge in [0.25, 0.3) is 5.91 Å². The number of pyridine rings is 1. The van der Waals surface area contributed by atoms with Crippen LogP contribution in [0.25, 0.3) is 0 Å². The molecule has 1 aromatic heterocycles. The predicted molar refractivity (Wildman–Crippen MR) is 121 cm³/mol. The monoisotopic (exact) mass is 447 g/mol. The quantitative estimate of drug-likeness (QED) is 0.621. The molecule has 160 valence electrons. The van der Waals surface area contributed by atoms with Crippen molar-refractivity contribution in [2.45, 2.75) is 30.7 Å². The van der Waals surface area contributed by atoms with Crippen molar-refractivity contribution in [2.24, 2.45) is 5.92 Å². The normalized spacial score (nSPS) is 16.2. The van der Waals surface area contributed by atoms with Gasteiger partial charge in [-0.05, 0) is 61.8 Å². The summed E-state index contributed by atoms with van der Waals surface area (Å²) < 4.78 is 5.13. The van der Waals surface area contributed by atoms with Gasteiger partial charge < -0.3 is 15.0 Å². The van der Waals surface area contributed by atoms with Crippen molar-refractivity contribution in [3.05, 3.63) is 47.1 Å². The average Bonchev–Trinajstić information content (AvgIpc) is 2.77. The van der Waals surface area contributed by atoms with Gasteiger partial charge in [0.05, 0.1) is 17.7 Å². The zero-order chi connectivity index (χ0) is 21.5. The Morgan fingerprint density at radius 1 is 1.37 bits per heavy atom. The standard InChI is InChI=1S/C22H26ClN3O3S/c1-29-19-9-8-16(13-18(19)23)25-20(27)10-7-15-5-4-12-26(14-15)22(28)17-6-3-11-24-21(17)30-2/h3,6,8-9,11,13,15H,4-5,7,10,12,14H2,1-2H3,(H,25,27)/t15-/m0/s1. The van der Waals surface area contributed by atoms with Crippen LogP contribution in [0.1, 0.15) is 36.0 Å². The van der Waals surface area contributed by atoms with Crippen LogP contribution >= 0.6 is 23.4 Å². The van der Waals surface area contributed by atoms with Crippen LogP contribution in [0, 0.1) is 5.92 Å². The summed E-state index contributed by atoms with van der Waals surface area (Å²) in [5.41, 5.74) is 1.30. The van der Waals surface area contributed by atoms with Gasteiger partial charge in [0.1, 0.15) is 10.8 Å². The fourth-order valence-corrected chi connectivity index (χ4v) is 4.47. The molecule has 6 nitrogen and oxygen atoms in total. The van der Waals surface area contributed by atoms with Gasteiger partial charge >= 0.3 is 0 Å². The maximum atomic E-state index is 13.0. The number of piperidine rings is 1. The molecule has 1 aliphatic heterocycles. The van der Waals surface area contributed by atoms with E-state index in [4.69, 9.17) is 16.3 Å². The first-order valence-electron chi connectivity index (χ1n) is 9.93. The van der Waals surface area contributed by atoms with Gasteiger partial charge in [0.2, 0.25) is 5.91 Å². The molecule has 30 heavy (non-hydrogen) atoms. The Morgan fingerprint density at radius 2 is 2.20 bits per heavy atom. The number of methoxy groups -OCH3 is 1. The van der Waals surface area contributed by atoms with Gasteiger partial charge in [-0.2, -0.15) is 0 Å². The summed E-state index contributed by atoms with van der Waals surface area (Å²) in [7, 11) is 1.55. The molecule has 0 saturated carbocycles. The number of rotatable bonds is 7. The van der Waals surface area contributed by atoms with Gasteiger partial charge in [-0.1, -0.05) is 11.6 Å². The Balaban J connectivity index is 1.53. The average molecular weight is 448 g/mol. The van der Waals surface area contributed by atoms with Gasteiger partial charge in [-0.15, -0.1) is 11.8 Å². The molecule has 2 amide bonds. The number of anilines is 1. The summed E-state index contributed by atoms with van der Waals surface area (Å²) in [5.74, 6) is 0.841. The van der Waals surface area contributed by atoms with E-state index < -0.39 is 0 Å². The highest BCUT2D eigenvalue weighted by Gasteiger charge is 2.26. The number of nitrogens with one attached hydrogen (secondary N) is 1. The fraction of sp³-hybridized carbons (Fsp3) is 0.409. The third kappa shape index (κ3) is 5.67. The molecule has 1 aliphatic rings. The maximum Gasteiger partial charge on any atom is 0.256 e. The molecule has 1 N–H and O–H groups in total. The SMILES string of the molecule is COc1ccc(NC(=O)CC[C@@H]2CCCN(C(=O)c3cccnc3SC)C2)cc1Cl. The minimum absolute atomic E-state index is 0.0227. The van der Waals surface area contributed by atoms with E-state index in [1.165, 1.54) is 11.8 Å². The number of thioether (sulfide) groups is 1. The van der Waals surface area contributed by atoms with E-state index in [-0.39, 0.29) is 11.8 Å². The van der Waals surface area contributed by atoms with E-state index in [0.29, 0.717) is 40.9 Å². The van der Waals surface area contributed by atoms with E-state index in [9.17, 15) is 9.59 Å². The van der Waals surface area contributed by atoms with Gasteiger partial charge in [-0.25, -0.2) is 4.98 Å². The van der Waals surface area contributed by atoms with Crippen molar-refractivity contribution in [3.8, 4) is 5.75 Å². The first kappa shape index (κ1) is 22.4. The van der Waals surface area contributed by atoms with Crippen molar-refractivity contribution in [1.29, 1.82) is 0 Å². The summed E-state index contributed by atoms with van der Waals surface area (Å²) in [6, 6.07) is 8.80. The summed E-state index contributed by atoms with van der Waals surface area (Å²) in [6.45, 7) is 1.41. The molecule has 1 atom stereocenters. The highest BCUT2D eigenvalue weighted by atomic mass is 35.5. The second-order valence-electron chi connectivity index (χ2n) is 7.26. The number of aromatic nitrogens is 1. The highest BCUT2D eigenvalue weighted by Crippen LogP contribution is 2.28. The van der Waals surface area contributed by atoms with Crippen LogP contribution < -0.4 is 10.1 Å². The van der Waals surface area contributed by atoms with Crippen LogP contribution in [0.2, 0.25) is 5.02 Å². The third-order valence-electron chi connectivity index (χ3n) is 5.22.